The highest BCUT2D eigenvalue weighted by atomic mass is 32.2. The van der Waals surface area contributed by atoms with Crippen LogP contribution in [0.2, 0.25) is 0 Å². The molecule has 14 heteroatoms. The van der Waals surface area contributed by atoms with E-state index in [2.05, 4.69) is 10.6 Å². The van der Waals surface area contributed by atoms with Crippen LogP contribution < -0.4 is 15.4 Å². The molecule has 31 heavy (non-hydrogen) atoms. The molecular weight excluding hydrogens is 453 g/mol. The molecule has 3 N–H and O–H groups in total. The predicted octanol–water partition coefficient (Wildman–Crippen LogP) is 1.11. The Morgan fingerprint density at radius 3 is 2.19 bits per heavy atom. The number of hydrogen-bond donors (Lipinski definition) is 3. The summed E-state index contributed by atoms with van der Waals surface area (Å²) in [6.45, 7) is 1.27. The summed E-state index contributed by atoms with van der Waals surface area (Å²) < 4.78 is 86.3. The van der Waals surface area contributed by atoms with E-state index in [4.69, 9.17) is 0 Å². The van der Waals surface area contributed by atoms with Crippen molar-refractivity contribution in [3.8, 4) is 0 Å². The zero-order chi connectivity index (χ0) is 23.6. The molecule has 1 aromatic carbocycles. The van der Waals surface area contributed by atoms with Crippen molar-refractivity contribution in [2.75, 3.05) is 0 Å². The van der Waals surface area contributed by atoms with E-state index in [9.17, 15) is 44.8 Å². The normalized spacial score (nSPS) is 19.5. The van der Waals surface area contributed by atoms with E-state index in [1.165, 1.54) is 13.0 Å². The van der Waals surface area contributed by atoms with Gasteiger partial charge in [0.25, 0.3) is 5.91 Å². The van der Waals surface area contributed by atoms with Crippen LogP contribution >= 0.6 is 0 Å². The van der Waals surface area contributed by atoms with Crippen LogP contribution in [0.1, 0.15) is 23.7 Å². The maximum atomic E-state index is 13.2. The molecule has 0 spiro atoms. The van der Waals surface area contributed by atoms with Crippen molar-refractivity contribution < 1.29 is 44.8 Å². The van der Waals surface area contributed by atoms with Crippen molar-refractivity contribution in [3.05, 3.63) is 47.5 Å². The molecule has 1 aliphatic rings. The van der Waals surface area contributed by atoms with Crippen LogP contribution in [0.15, 0.2) is 30.4 Å². The molecular formula is C17H16F5N3O5S. The van der Waals surface area contributed by atoms with Crippen molar-refractivity contribution in [3.63, 3.8) is 0 Å². The largest absolute Gasteiger partial charge is 0.516 e. The summed E-state index contributed by atoms with van der Waals surface area (Å²) in [6, 6.07) is 0.0850. The molecule has 0 radical (unpaired) electrons. The summed E-state index contributed by atoms with van der Waals surface area (Å²) in [7, 11) is -5.86. The van der Waals surface area contributed by atoms with Gasteiger partial charge in [-0.25, -0.2) is 13.5 Å². The number of nitrogens with one attached hydrogen (secondary N) is 3. The standard InChI is InChI=1S/C17H16F5N3O5S/c1-8(23-15(27)10-4-11(18)7-12(19)5-10)14(26)24-13-3-2-9(6-13)16(28)25-31(29,30)17(20,21)22/h2-5,7-9,13H,6H2,1H3,(H,23,27)(H,24,26)(H,25,28)/t8-,9+,13-/m0/s1. The number of rotatable bonds is 6. The molecule has 3 amide bonds. The monoisotopic (exact) mass is 469 g/mol. The van der Waals surface area contributed by atoms with Gasteiger partial charge in [0.05, 0.1) is 5.92 Å². The third-order valence-electron chi connectivity index (χ3n) is 4.15. The molecule has 170 valence electrons. The maximum absolute atomic E-state index is 13.2. The second-order valence-electron chi connectivity index (χ2n) is 6.61. The maximum Gasteiger partial charge on any atom is 0.516 e. The molecule has 1 aliphatic carbocycles. The molecule has 2 rings (SSSR count). The number of hydrogen-bond acceptors (Lipinski definition) is 5. The van der Waals surface area contributed by atoms with E-state index < -0.39 is 62.9 Å². The molecule has 0 aromatic heterocycles. The molecule has 3 atom stereocenters. The Balaban J connectivity index is 1.90. The SMILES string of the molecule is C[C@H](NC(=O)c1cc(F)cc(F)c1)C(=O)N[C@H]1C=C[C@@H](C(=O)NS(=O)(=O)C(F)(F)F)C1. The van der Waals surface area contributed by atoms with E-state index in [1.54, 1.807) is 0 Å². The number of carbonyl (C=O) groups excluding carboxylic acids is 3. The molecule has 0 saturated heterocycles. The van der Waals surface area contributed by atoms with E-state index in [0.29, 0.717) is 6.07 Å². The van der Waals surface area contributed by atoms with Crippen molar-refractivity contribution in [1.82, 2.24) is 15.4 Å². The fraction of sp³-hybridized carbons (Fsp3) is 0.353. The Bertz CT molecular complexity index is 1010. The zero-order valence-electron chi connectivity index (χ0n) is 15.7. The quantitative estimate of drug-likeness (QED) is 0.426. The summed E-state index contributed by atoms with van der Waals surface area (Å²) in [6.07, 6.45) is 2.19. The zero-order valence-corrected chi connectivity index (χ0v) is 16.5. The van der Waals surface area contributed by atoms with Gasteiger partial charge < -0.3 is 10.6 Å². The van der Waals surface area contributed by atoms with Gasteiger partial charge >= 0.3 is 15.5 Å². The Hall–Kier alpha value is -3.03. The van der Waals surface area contributed by atoms with E-state index >= 15 is 0 Å². The first-order valence-electron chi connectivity index (χ1n) is 8.58. The number of carbonyl (C=O) groups is 3. The van der Waals surface area contributed by atoms with Gasteiger partial charge in [-0.15, -0.1) is 0 Å². The van der Waals surface area contributed by atoms with Crippen LogP contribution in [0.4, 0.5) is 22.0 Å². The second kappa shape index (κ2) is 8.99. The first kappa shape index (κ1) is 24.2. The molecule has 0 saturated carbocycles. The Morgan fingerprint density at radius 2 is 1.65 bits per heavy atom. The highest BCUT2D eigenvalue weighted by Gasteiger charge is 2.47. The van der Waals surface area contributed by atoms with Crippen molar-refractivity contribution >= 4 is 27.7 Å². The predicted molar refractivity (Wildman–Crippen MR) is 95.6 cm³/mol. The van der Waals surface area contributed by atoms with Gasteiger partial charge in [0.15, 0.2) is 0 Å². The Labute approximate surface area is 172 Å². The summed E-state index contributed by atoms with van der Waals surface area (Å²) in [5.74, 6) is -6.34. The molecule has 0 heterocycles. The van der Waals surface area contributed by atoms with E-state index in [1.807, 2.05) is 0 Å². The van der Waals surface area contributed by atoms with Gasteiger partial charge in [0.1, 0.15) is 17.7 Å². The van der Waals surface area contributed by atoms with Crippen molar-refractivity contribution in [1.29, 1.82) is 0 Å². The lowest BCUT2D eigenvalue weighted by Gasteiger charge is -2.18. The molecule has 8 nitrogen and oxygen atoms in total. The van der Waals surface area contributed by atoms with Gasteiger partial charge in [-0.05, 0) is 25.5 Å². The molecule has 0 fully saturated rings. The fourth-order valence-electron chi connectivity index (χ4n) is 2.60. The number of amides is 3. The van der Waals surface area contributed by atoms with Crippen molar-refractivity contribution in [2.45, 2.75) is 30.9 Å². The number of alkyl halides is 3. The first-order valence-corrected chi connectivity index (χ1v) is 10.1. The smallest absolute Gasteiger partial charge is 0.348 e. The summed E-state index contributed by atoms with van der Waals surface area (Å²) >= 11 is 0. The summed E-state index contributed by atoms with van der Waals surface area (Å²) in [5, 5.41) is 4.61. The lowest BCUT2D eigenvalue weighted by molar-refractivity contribution is -0.124. The van der Waals surface area contributed by atoms with Gasteiger partial charge in [0, 0.05) is 17.7 Å². The average Bonchev–Trinajstić information content (AvgIpc) is 3.08. The van der Waals surface area contributed by atoms with Gasteiger partial charge in [0.2, 0.25) is 11.8 Å². The van der Waals surface area contributed by atoms with Crippen LogP contribution in [0.5, 0.6) is 0 Å². The molecule has 0 unspecified atom stereocenters. The molecule has 0 aliphatic heterocycles. The summed E-state index contributed by atoms with van der Waals surface area (Å²) in [5.41, 5.74) is -6.02. The van der Waals surface area contributed by atoms with Crippen LogP contribution in [0, 0.1) is 17.6 Å². The Kier molecular flexibility index (Phi) is 7.03. The number of benzene rings is 1. The minimum absolute atomic E-state index is 0.222. The summed E-state index contributed by atoms with van der Waals surface area (Å²) in [4.78, 5) is 36.0. The highest BCUT2D eigenvalue weighted by Crippen LogP contribution is 2.24. The number of sulfonamides is 1. The highest BCUT2D eigenvalue weighted by molar-refractivity contribution is 7.90. The van der Waals surface area contributed by atoms with E-state index in [-0.39, 0.29) is 12.0 Å². The third kappa shape index (κ3) is 6.23. The van der Waals surface area contributed by atoms with Crippen LogP contribution in [-0.2, 0) is 19.6 Å². The van der Waals surface area contributed by atoms with Crippen LogP contribution in [0.3, 0.4) is 0 Å². The van der Waals surface area contributed by atoms with Gasteiger partial charge in [-0.3, -0.25) is 14.4 Å². The molecule has 1 aromatic rings. The van der Waals surface area contributed by atoms with E-state index in [0.717, 1.165) is 22.9 Å². The lowest BCUT2D eigenvalue weighted by Crippen LogP contribution is -2.48. The minimum Gasteiger partial charge on any atom is -0.348 e. The van der Waals surface area contributed by atoms with Crippen LogP contribution in [-0.4, -0.2) is 43.7 Å². The van der Waals surface area contributed by atoms with Gasteiger partial charge in [-0.1, -0.05) is 12.2 Å². The minimum atomic E-state index is -5.86. The topological polar surface area (TPSA) is 121 Å². The lowest BCUT2D eigenvalue weighted by atomic mass is 10.1. The van der Waals surface area contributed by atoms with Crippen LogP contribution in [0.25, 0.3) is 0 Å². The Morgan fingerprint density at radius 1 is 1.06 bits per heavy atom. The first-order chi connectivity index (χ1) is 14.2. The second-order valence-corrected chi connectivity index (χ2v) is 8.28. The van der Waals surface area contributed by atoms with Crippen molar-refractivity contribution in [2.24, 2.45) is 5.92 Å². The fourth-order valence-corrected chi connectivity index (χ4v) is 3.14. The molecule has 0 bridgehead atoms. The van der Waals surface area contributed by atoms with Gasteiger partial charge in [-0.2, -0.15) is 21.6 Å². The average molecular weight is 469 g/mol. The number of halogens is 5. The third-order valence-corrected chi connectivity index (χ3v) is 5.23.